The molecule has 7 nitrogen and oxygen atoms in total. The molecule has 40 heavy (non-hydrogen) atoms. The number of anilines is 2. The van der Waals surface area contributed by atoms with E-state index in [4.69, 9.17) is 11.6 Å². The van der Waals surface area contributed by atoms with Crippen LogP contribution in [0.25, 0.3) is 0 Å². The summed E-state index contributed by atoms with van der Waals surface area (Å²) in [6, 6.07) is 21.5. The number of thiazole rings is 1. The Hall–Kier alpha value is -3.18. The lowest BCUT2D eigenvalue weighted by atomic mass is 9.83. The van der Waals surface area contributed by atoms with Gasteiger partial charge in [0.25, 0.3) is 0 Å². The number of hydrogen-bond donors (Lipinski definition) is 1. The van der Waals surface area contributed by atoms with E-state index in [0.29, 0.717) is 26.3 Å². The van der Waals surface area contributed by atoms with E-state index in [-0.39, 0.29) is 29.1 Å². The van der Waals surface area contributed by atoms with Crippen molar-refractivity contribution in [3.05, 3.63) is 108 Å². The Kier molecular flexibility index (Phi) is 7.20. The number of rotatable bonds is 5. The number of imide groups is 1. The molecule has 0 saturated carbocycles. The molecule has 2 aliphatic rings. The molecule has 0 spiro atoms. The van der Waals surface area contributed by atoms with Gasteiger partial charge in [-0.2, -0.15) is 0 Å². The zero-order chi connectivity index (χ0) is 28.1. The van der Waals surface area contributed by atoms with E-state index in [2.05, 4.69) is 21.2 Å². The van der Waals surface area contributed by atoms with Crippen molar-refractivity contribution >= 4 is 79.7 Å². The molecular formula is C29H21BrClN3O4S2. The van der Waals surface area contributed by atoms with Crippen molar-refractivity contribution in [3.63, 3.8) is 0 Å². The van der Waals surface area contributed by atoms with Gasteiger partial charge >= 0.3 is 4.87 Å². The number of hydrogen-bond acceptors (Lipinski definition) is 6. The van der Waals surface area contributed by atoms with Crippen LogP contribution in [-0.2, 0) is 20.9 Å². The Morgan fingerprint density at radius 2 is 1.73 bits per heavy atom. The summed E-state index contributed by atoms with van der Waals surface area (Å²) in [5, 5.41) is 3.16. The first-order chi connectivity index (χ1) is 19.2. The highest BCUT2D eigenvalue weighted by atomic mass is 79.9. The van der Waals surface area contributed by atoms with Crippen molar-refractivity contribution in [2.45, 2.75) is 29.7 Å². The van der Waals surface area contributed by atoms with Crippen LogP contribution < -0.4 is 15.1 Å². The van der Waals surface area contributed by atoms with Gasteiger partial charge in [0.05, 0.1) is 16.6 Å². The fourth-order valence-electron chi connectivity index (χ4n) is 5.20. The van der Waals surface area contributed by atoms with E-state index >= 15 is 0 Å². The van der Waals surface area contributed by atoms with Crippen LogP contribution in [0.15, 0.2) is 87.1 Å². The van der Waals surface area contributed by atoms with Crippen molar-refractivity contribution in [2.75, 3.05) is 10.2 Å². The van der Waals surface area contributed by atoms with Gasteiger partial charge in [-0.3, -0.25) is 23.7 Å². The minimum absolute atomic E-state index is 0.213. The Bertz CT molecular complexity index is 1720. The van der Waals surface area contributed by atoms with E-state index in [1.54, 1.807) is 42.5 Å². The largest absolute Gasteiger partial charge is 0.325 e. The molecule has 0 aliphatic carbocycles. The van der Waals surface area contributed by atoms with Crippen LogP contribution >= 0.6 is 50.6 Å². The lowest BCUT2D eigenvalue weighted by molar-refractivity contribution is -0.122. The highest BCUT2D eigenvalue weighted by Crippen LogP contribution is 2.54. The van der Waals surface area contributed by atoms with E-state index in [0.717, 1.165) is 26.9 Å². The van der Waals surface area contributed by atoms with Crippen molar-refractivity contribution in [1.29, 1.82) is 0 Å². The number of benzene rings is 3. The maximum atomic E-state index is 13.9. The van der Waals surface area contributed by atoms with Gasteiger partial charge in [0, 0.05) is 26.0 Å². The van der Waals surface area contributed by atoms with Crippen LogP contribution in [0.5, 0.6) is 0 Å². The number of aromatic nitrogens is 1. The van der Waals surface area contributed by atoms with Crippen LogP contribution in [0.4, 0.5) is 11.4 Å². The molecule has 11 heteroatoms. The normalized spacial score (nSPS) is 19.9. The second-order valence-corrected chi connectivity index (χ2v) is 13.1. The van der Waals surface area contributed by atoms with Crippen molar-refractivity contribution < 1.29 is 14.4 Å². The molecule has 2 aliphatic heterocycles. The third kappa shape index (κ3) is 4.83. The zero-order valence-electron chi connectivity index (χ0n) is 21.0. The molecule has 3 amide bonds. The molecule has 3 atom stereocenters. The van der Waals surface area contributed by atoms with Crippen molar-refractivity contribution in [3.8, 4) is 0 Å². The number of aryl methyl sites for hydroxylation is 1. The van der Waals surface area contributed by atoms with Gasteiger partial charge in [-0.15, -0.1) is 0 Å². The fourth-order valence-corrected chi connectivity index (χ4v) is 8.36. The molecule has 1 saturated heterocycles. The molecular weight excluding hydrogens is 634 g/mol. The van der Waals surface area contributed by atoms with Crippen LogP contribution in [-0.4, -0.2) is 27.5 Å². The summed E-state index contributed by atoms with van der Waals surface area (Å²) in [5.41, 5.74) is 2.89. The molecule has 6 rings (SSSR count). The monoisotopic (exact) mass is 653 g/mol. The Morgan fingerprint density at radius 3 is 2.42 bits per heavy atom. The standard InChI is InChI=1S/C29H21BrClN3O4S2/c1-15-3-2-4-19(13-15)32-21(35)14-33-28-25(40-29(33)38)22(16-5-9-18(31)10-6-16)23-24(39-28)27(37)34(26(23)36)20-11-7-17(30)8-12-20/h2-13,22-24H,14H2,1H3,(H,32,35)/t22-,23-,24+/m0/s1. The SMILES string of the molecule is Cc1cccc(NC(=O)Cn2c3c(sc2=O)[C@@H](c2ccc(Cl)cc2)[C@@H]2C(=O)N(c4ccc(Br)cc4)C(=O)[C@@H]2S3)c1. The number of amides is 3. The van der Waals surface area contributed by atoms with Crippen LogP contribution in [0.1, 0.15) is 21.9 Å². The molecule has 202 valence electrons. The number of thioether (sulfide) groups is 1. The molecule has 4 aromatic rings. The number of carbonyl (C=O) groups is 3. The van der Waals surface area contributed by atoms with E-state index < -0.39 is 17.1 Å². The molecule has 0 bridgehead atoms. The summed E-state index contributed by atoms with van der Waals surface area (Å²) >= 11 is 11.8. The number of halogens is 2. The first-order valence-corrected chi connectivity index (χ1v) is 15.2. The second kappa shape index (κ2) is 10.7. The molecule has 0 radical (unpaired) electrons. The number of nitrogens with one attached hydrogen (secondary N) is 1. The molecule has 3 aromatic carbocycles. The number of nitrogens with zero attached hydrogens (tertiary/aromatic N) is 2. The van der Waals surface area contributed by atoms with Crippen LogP contribution in [0, 0.1) is 12.8 Å². The minimum atomic E-state index is -0.760. The van der Waals surface area contributed by atoms with Gasteiger partial charge < -0.3 is 5.32 Å². The highest BCUT2D eigenvalue weighted by Gasteiger charge is 2.56. The van der Waals surface area contributed by atoms with Gasteiger partial charge in [0.2, 0.25) is 17.7 Å². The number of fused-ring (bicyclic) bond motifs is 2. The zero-order valence-corrected chi connectivity index (χ0v) is 24.9. The van der Waals surface area contributed by atoms with Crippen molar-refractivity contribution in [2.24, 2.45) is 5.92 Å². The van der Waals surface area contributed by atoms with Crippen molar-refractivity contribution in [1.82, 2.24) is 4.57 Å². The maximum Gasteiger partial charge on any atom is 0.308 e. The summed E-state index contributed by atoms with van der Waals surface area (Å²) in [6.07, 6.45) is 0. The number of carbonyl (C=O) groups excluding carboxylic acids is 3. The van der Waals surface area contributed by atoms with Gasteiger partial charge in [0.1, 0.15) is 11.8 Å². The lowest BCUT2D eigenvalue weighted by Gasteiger charge is -2.30. The topological polar surface area (TPSA) is 88.5 Å². The highest BCUT2D eigenvalue weighted by molar-refractivity contribution is 9.10. The summed E-state index contributed by atoms with van der Waals surface area (Å²) < 4.78 is 2.24. The average Bonchev–Trinajstić information content (AvgIpc) is 3.36. The van der Waals surface area contributed by atoms with E-state index in [1.807, 2.05) is 37.3 Å². The average molecular weight is 655 g/mol. The van der Waals surface area contributed by atoms with Gasteiger partial charge in [-0.05, 0) is 66.6 Å². The molecule has 1 fully saturated rings. The molecule has 1 aromatic heterocycles. The van der Waals surface area contributed by atoms with Gasteiger partial charge in [-0.25, -0.2) is 4.90 Å². The van der Waals surface area contributed by atoms with Gasteiger partial charge in [0.15, 0.2) is 0 Å². The quantitative estimate of drug-likeness (QED) is 0.264. The van der Waals surface area contributed by atoms with E-state index in [9.17, 15) is 19.2 Å². The first kappa shape index (κ1) is 27.0. The third-order valence-electron chi connectivity index (χ3n) is 6.97. The van der Waals surface area contributed by atoms with Gasteiger partial charge in [-0.1, -0.05) is 74.9 Å². The second-order valence-electron chi connectivity index (χ2n) is 9.62. The molecule has 0 unspecified atom stereocenters. The minimum Gasteiger partial charge on any atom is -0.325 e. The fraction of sp³-hybridized carbons (Fsp3) is 0.172. The molecule has 3 heterocycles. The third-order valence-corrected chi connectivity index (χ3v) is 10.4. The smallest absolute Gasteiger partial charge is 0.308 e. The predicted molar refractivity (Wildman–Crippen MR) is 161 cm³/mol. The summed E-state index contributed by atoms with van der Waals surface area (Å²) in [5.74, 6) is -2.29. The Labute approximate surface area is 251 Å². The summed E-state index contributed by atoms with van der Waals surface area (Å²) in [4.78, 5) is 55.5. The Balaban J connectivity index is 1.41. The van der Waals surface area contributed by atoms with Crippen LogP contribution in [0.2, 0.25) is 5.02 Å². The first-order valence-electron chi connectivity index (χ1n) is 12.4. The van der Waals surface area contributed by atoms with Crippen LogP contribution in [0.3, 0.4) is 0 Å². The summed E-state index contributed by atoms with van der Waals surface area (Å²) in [6.45, 7) is 1.71. The summed E-state index contributed by atoms with van der Waals surface area (Å²) in [7, 11) is 0. The van der Waals surface area contributed by atoms with E-state index in [1.165, 1.54) is 21.2 Å². The maximum absolute atomic E-state index is 13.9. The lowest BCUT2D eigenvalue weighted by Crippen LogP contribution is -2.33. The predicted octanol–water partition coefficient (Wildman–Crippen LogP) is 6.07. The molecule has 1 N–H and O–H groups in total. The Morgan fingerprint density at radius 1 is 1.00 bits per heavy atom.